The normalized spacial score (nSPS) is 12.1. The van der Waals surface area contributed by atoms with E-state index >= 15 is 0 Å². The summed E-state index contributed by atoms with van der Waals surface area (Å²) in [6.07, 6.45) is -0.0375. The topological polar surface area (TPSA) is 64.1 Å². The molecular formula is C17H30IN3O3. The van der Waals surface area contributed by atoms with Gasteiger partial charge in [-0.3, -0.25) is 0 Å². The molecule has 7 heteroatoms. The number of nitrogens with one attached hydrogen (secondary N) is 2. The molecule has 0 saturated heterocycles. The van der Waals surface area contributed by atoms with Crippen molar-refractivity contribution < 1.29 is 14.2 Å². The second-order valence-electron chi connectivity index (χ2n) is 4.95. The van der Waals surface area contributed by atoms with E-state index in [1.54, 1.807) is 7.11 Å². The fourth-order valence-corrected chi connectivity index (χ4v) is 1.89. The maximum absolute atomic E-state index is 5.86. The van der Waals surface area contributed by atoms with Gasteiger partial charge in [0, 0.05) is 25.8 Å². The molecule has 0 heterocycles. The van der Waals surface area contributed by atoms with E-state index in [1.807, 2.05) is 45.0 Å². The van der Waals surface area contributed by atoms with Crippen molar-refractivity contribution in [2.24, 2.45) is 4.99 Å². The van der Waals surface area contributed by atoms with Crippen molar-refractivity contribution >= 4 is 29.9 Å². The van der Waals surface area contributed by atoms with Crippen LogP contribution < -0.4 is 20.1 Å². The lowest BCUT2D eigenvalue weighted by atomic mass is 10.3. The van der Waals surface area contributed by atoms with Gasteiger partial charge in [-0.25, -0.2) is 4.99 Å². The highest BCUT2D eigenvalue weighted by Gasteiger charge is 2.05. The minimum atomic E-state index is -0.0375. The average molecular weight is 451 g/mol. The molecule has 24 heavy (non-hydrogen) atoms. The van der Waals surface area contributed by atoms with Crippen LogP contribution in [0.3, 0.4) is 0 Å². The van der Waals surface area contributed by atoms with Crippen LogP contribution in [0.1, 0.15) is 20.8 Å². The molecule has 0 saturated carbocycles. The molecule has 1 rings (SSSR count). The van der Waals surface area contributed by atoms with Crippen LogP contribution in [0.5, 0.6) is 11.5 Å². The van der Waals surface area contributed by atoms with E-state index in [4.69, 9.17) is 14.2 Å². The van der Waals surface area contributed by atoms with Crippen LogP contribution >= 0.6 is 24.0 Å². The number of benzene rings is 1. The molecule has 1 aromatic rings. The van der Waals surface area contributed by atoms with E-state index in [2.05, 4.69) is 15.6 Å². The van der Waals surface area contributed by atoms with Gasteiger partial charge in [-0.2, -0.15) is 0 Å². The summed E-state index contributed by atoms with van der Waals surface area (Å²) in [5.74, 6) is 2.33. The monoisotopic (exact) mass is 451 g/mol. The van der Waals surface area contributed by atoms with Gasteiger partial charge < -0.3 is 24.8 Å². The van der Waals surface area contributed by atoms with Crippen molar-refractivity contribution in [2.45, 2.75) is 26.9 Å². The van der Waals surface area contributed by atoms with E-state index < -0.39 is 0 Å². The smallest absolute Gasteiger partial charge is 0.191 e. The van der Waals surface area contributed by atoms with Crippen LogP contribution in [0.2, 0.25) is 0 Å². The van der Waals surface area contributed by atoms with Crippen molar-refractivity contribution in [1.29, 1.82) is 0 Å². The van der Waals surface area contributed by atoms with Gasteiger partial charge in [0.1, 0.15) is 17.6 Å². The second-order valence-corrected chi connectivity index (χ2v) is 4.95. The van der Waals surface area contributed by atoms with Crippen LogP contribution in [0, 0.1) is 0 Å². The quantitative estimate of drug-likeness (QED) is 0.248. The number of methoxy groups -OCH3 is 1. The van der Waals surface area contributed by atoms with Crippen LogP contribution in [-0.2, 0) is 4.74 Å². The van der Waals surface area contributed by atoms with Gasteiger partial charge in [-0.15, -0.1) is 24.0 Å². The summed E-state index contributed by atoms with van der Waals surface area (Å²) in [6, 6.07) is 7.57. The molecule has 0 aliphatic rings. The summed E-state index contributed by atoms with van der Waals surface area (Å²) in [7, 11) is 1.64. The summed E-state index contributed by atoms with van der Waals surface area (Å²) < 4.78 is 16.4. The molecule has 0 fully saturated rings. The number of hydrogen-bond donors (Lipinski definition) is 2. The molecule has 1 aromatic carbocycles. The minimum Gasteiger partial charge on any atom is -0.497 e. The fraction of sp³-hybridized carbons (Fsp3) is 0.588. The first kappa shape index (κ1) is 22.8. The Morgan fingerprint density at radius 3 is 2.62 bits per heavy atom. The molecule has 0 amide bonds. The Morgan fingerprint density at radius 1 is 1.21 bits per heavy atom. The number of halogens is 1. The third-order valence-corrected chi connectivity index (χ3v) is 2.97. The number of ether oxygens (including phenoxy) is 3. The van der Waals surface area contributed by atoms with E-state index in [-0.39, 0.29) is 30.1 Å². The van der Waals surface area contributed by atoms with Gasteiger partial charge in [0.15, 0.2) is 5.96 Å². The zero-order valence-corrected chi connectivity index (χ0v) is 17.3. The molecule has 2 N–H and O–H groups in total. The molecule has 0 spiro atoms. The SMILES string of the molecule is CCNC(=NCC(C)Oc1cccc(OC)c1)NCCOCC.I. The van der Waals surface area contributed by atoms with E-state index in [1.165, 1.54) is 0 Å². The van der Waals surface area contributed by atoms with Crippen LogP contribution in [-0.4, -0.2) is 52.0 Å². The third kappa shape index (κ3) is 9.82. The largest absolute Gasteiger partial charge is 0.497 e. The first-order valence-electron chi connectivity index (χ1n) is 8.10. The lowest BCUT2D eigenvalue weighted by Gasteiger charge is -2.15. The second kappa shape index (κ2) is 14.2. The maximum Gasteiger partial charge on any atom is 0.191 e. The van der Waals surface area contributed by atoms with Crippen LogP contribution in [0.4, 0.5) is 0 Å². The number of nitrogens with zero attached hydrogens (tertiary/aromatic N) is 1. The Morgan fingerprint density at radius 2 is 1.96 bits per heavy atom. The minimum absolute atomic E-state index is 0. The van der Waals surface area contributed by atoms with Crippen LogP contribution in [0.25, 0.3) is 0 Å². The van der Waals surface area contributed by atoms with Crippen molar-refractivity contribution in [3.63, 3.8) is 0 Å². The molecule has 0 aromatic heterocycles. The number of aliphatic imine (C=N–C) groups is 1. The van der Waals surface area contributed by atoms with E-state index in [9.17, 15) is 0 Å². The summed E-state index contributed by atoms with van der Waals surface area (Å²) in [6.45, 7) is 9.49. The predicted molar refractivity (Wildman–Crippen MR) is 109 cm³/mol. The van der Waals surface area contributed by atoms with Gasteiger partial charge in [0.25, 0.3) is 0 Å². The predicted octanol–water partition coefficient (Wildman–Crippen LogP) is 2.67. The number of rotatable bonds is 10. The number of guanidine groups is 1. The molecule has 1 atom stereocenters. The Hall–Kier alpha value is -1.22. The lowest BCUT2D eigenvalue weighted by molar-refractivity contribution is 0.152. The van der Waals surface area contributed by atoms with Gasteiger partial charge in [0.2, 0.25) is 0 Å². The van der Waals surface area contributed by atoms with Crippen LogP contribution in [0.15, 0.2) is 29.3 Å². The highest BCUT2D eigenvalue weighted by atomic mass is 127. The molecule has 0 aliphatic carbocycles. The Bertz CT molecular complexity index is 472. The summed E-state index contributed by atoms with van der Waals surface area (Å²) in [5.41, 5.74) is 0. The van der Waals surface area contributed by atoms with Crippen molar-refractivity contribution in [2.75, 3.05) is 40.0 Å². The van der Waals surface area contributed by atoms with Gasteiger partial charge in [0.05, 0.1) is 20.3 Å². The summed E-state index contributed by atoms with van der Waals surface area (Å²) in [5, 5.41) is 6.44. The Balaban J connectivity index is 0.00000529. The van der Waals surface area contributed by atoms with Crippen molar-refractivity contribution in [3.05, 3.63) is 24.3 Å². The van der Waals surface area contributed by atoms with Gasteiger partial charge in [-0.05, 0) is 32.9 Å². The molecule has 6 nitrogen and oxygen atoms in total. The first-order chi connectivity index (χ1) is 11.2. The summed E-state index contributed by atoms with van der Waals surface area (Å²) in [4.78, 5) is 4.53. The Kier molecular flexibility index (Phi) is 13.4. The highest BCUT2D eigenvalue weighted by Crippen LogP contribution is 2.19. The van der Waals surface area contributed by atoms with Gasteiger partial charge in [-0.1, -0.05) is 6.07 Å². The molecule has 138 valence electrons. The highest BCUT2D eigenvalue weighted by molar-refractivity contribution is 14.0. The first-order valence-corrected chi connectivity index (χ1v) is 8.10. The molecule has 1 unspecified atom stereocenters. The fourth-order valence-electron chi connectivity index (χ4n) is 1.89. The maximum atomic E-state index is 5.86. The van der Waals surface area contributed by atoms with Crippen molar-refractivity contribution in [1.82, 2.24) is 10.6 Å². The standard InChI is InChI=1S/C17H29N3O3.HI/c1-5-18-17(19-10-11-22-6-2)20-13-14(3)23-16-9-7-8-15(12-16)21-4;/h7-9,12,14H,5-6,10-11,13H2,1-4H3,(H2,18,19,20);1H. The van der Waals surface area contributed by atoms with E-state index in [0.29, 0.717) is 13.2 Å². The van der Waals surface area contributed by atoms with E-state index in [0.717, 1.165) is 37.2 Å². The number of hydrogen-bond acceptors (Lipinski definition) is 4. The lowest BCUT2D eigenvalue weighted by Crippen LogP contribution is -2.39. The molecule has 0 radical (unpaired) electrons. The van der Waals surface area contributed by atoms with Gasteiger partial charge >= 0.3 is 0 Å². The average Bonchev–Trinajstić information content (AvgIpc) is 2.56. The Labute approximate surface area is 162 Å². The molecule has 0 aliphatic heterocycles. The molecule has 0 bridgehead atoms. The third-order valence-electron chi connectivity index (χ3n) is 2.97. The molecular weight excluding hydrogens is 421 g/mol. The zero-order chi connectivity index (χ0) is 16.9. The summed E-state index contributed by atoms with van der Waals surface area (Å²) >= 11 is 0. The van der Waals surface area contributed by atoms with Crippen molar-refractivity contribution in [3.8, 4) is 11.5 Å². The zero-order valence-electron chi connectivity index (χ0n) is 15.0.